The summed E-state index contributed by atoms with van der Waals surface area (Å²) in [5.74, 6) is -4.16. The van der Waals surface area contributed by atoms with Gasteiger partial charge in [0, 0.05) is 5.56 Å². The van der Waals surface area contributed by atoms with E-state index in [-0.39, 0.29) is 0 Å². The molecule has 0 spiro atoms. The topological polar surface area (TPSA) is 17.1 Å². The number of carbonyl (C=O) groups is 1. The highest BCUT2D eigenvalue weighted by molar-refractivity contribution is 5.76. The molecule has 1 aromatic rings. The number of benzene rings is 1. The molecule has 0 heterocycles. The fourth-order valence-electron chi connectivity index (χ4n) is 1.32. The summed E-state index contributed by atoms with van der Waals surface area (Å²) in [5.41, 5.74) is -1.60. The molecule has 0 aliphatic heterocycles. The van der Waals surface area contributed by atoms with Crippen molar-refractivity contribution in [3.8, 4) is 0 Å². The van der Waals surface area contributed by atoms with Gasteiger partial charge in [0.25, 0.3) is 5.92 Å². The highest BCUT2D eigenvalue weighted by Gasteiger charge is 2.35. The van der Waals surface area contributed by atoms with Crippen molar-refractivity contribution in [2.75, 3.05) is 0 Å². The molecule has 17 heavy (non-hydrogen) atoms. The van der Waals surface area contributed by atoms with Gasteiger partial charge in [-0.2, -0.15) is 13.2 Å². The molecule has 94 valence electrons. The summed E-state index contributed by atoms with van der Waals surface area (Å²) in [6, 6.07) is 2.52. The Labute approximate surface area is 94.2 Å². The van der Waals surface area contributed by atoms with Crippen LogP contribution in [0.2, 0.25) is 0 Å². The van der Waals surface area contributed by atoms with E-state index in [1.165, 1.54) is 0 Å². The van der Waals surface area contributed by atoms with Gasteiger partial charge in [-0.3, -0.25) is 4.79 Å². The quantitative estimate of drug-likeness (QED) is 0.748. The van der Waals surface area contributed by atoms with Crippen LogP contribution in [0, 0.1) is 0 Å². The number of rotatable bonds is 3. The van der Waals surface area contributed by atoms with Crippen LogP contribution < -0.4 is 0 Å². The van der Waals surface area contributed by atoms with Gasteiger partial charge in [0.15, 0.2) is 0 Å². The third-order valence-electron chi connectivity index (χ3n) is 2.11. The first-order valence-corrected chi connectivity index (χ1v) is 4.68. The van der Waals surface area contributed by atoms with E-state index >= 15 is 0 Å². The van der Waals surface area contributed by atoms with Gasteiger partial charge in [-0.1, -0.05) is 12.1 Å². The second kappa shape index (κ2) is 4.43. The summed E-state index contributed by atoms with van der Waals surface area (Å²) in [7, 11) is 0. The molecule has 1 rings (SSSR count). The first kappa shape index (κ1) is 13.6. The van der Waals surface area contributed by atoms with Gasteiger partial charge < -0.3 is 0 Å². The number of hydrogen-bond acceptors (Lipinski definition) is 1. The minimum absolute atomic E-state index is 0.573. The van der Waals surface area contributed by atoms with Crippen LogP contribution in [0.15, 0.2) is 24.3 Å². The summed E-state index contributed by atoms with van der Waals surface area (Å²) in [5, 5.41) is 0. The Hall–Kier alpha value is -1.46. The van der Waals surface area contributed by atoms with Crippen LogP contribution in [0.1, 0.15) is 24.5 Å². The smallest absolute Gasteiger partial charge is 0.300 e. The van der Waals surface area contributed by atoms with E-state index in [4.69, 9.17) is 0 Å². The van der Waals surface area contributed by atoms with Gasteiger partial charge in [0.2, 0.25) is 0 Å². The Morgan fingerprint density at radius 2 is 1.41 bits per heavy atom. The normalized spacial score (nSPS) is 12.6. The molecule has 0 aromatic heterocycles. The van der Waals surface area contributed by atoms with Crippen LogP contribution >= 0.6 is 0 Å². The molecule has 1 nitrogen and oxygen atoms in total. The van der Waals surface area contributed by atoms with E-state index < -0.39 is 35.4 Å². The Balaban J connectivity index is 2.98. The van der Waals surface area contributed by atoms with E-state index in [1.54, 1.807) is 0 Å². The molecule has 0 amide bonds. The largest absolute Gasteiger partial charge is 0.416 e. The molecule has 6 heteroatoms. The SMILES string of the molecule is CC(=O)CC(F)(F)c1ccc(C(F)(F)F)cc1. The minimum Gasteiger partial charge on any atom is -0.300 e. The number of alkyl halides is 5. The zero-order valence-corrected chi connectivity index (χ0v) is 8.81. The van der Waals surface area contributed by atoms with Crippen molar-refractivity contribution in [3.05, 3.63) is 35.4 Å². The van der Waals surface area contributed by atoms with Crippen molar-refractivity contribution < 1.29 is 26.7 Å². The second-order valence-corrected chi connectivity index (χ2v) is 3.66. The highest BCUT2D eigenvalue weighted by atomic mass is 19.4. The van der Waals surface area contributed by atoms with Crippen molar-refractivity contribution >= 4 is 5.78 Å². The lowest BCUT2D eigenvalue weighted by Gasteiger charge is -2.16. The monoisotopic (exact) mass is 252 g/mol. The molecule has 0 saturated heterocycles. The van der Waals surface area contributed by atoms with Crippen molar-refractivity contribution in [1.82, 2.24) is 0 Å². The summed E-state index contributed by atoms with van der Waals surface area (Å²) < 4.78 is 63.2. The van der Waals surface area contributed by atoms with Crippen LogP contribution in [0.4, 0.5) is 22.0 Å². The molecule has 0 atom stereocenters. The summed E-state index contributed by atoms with van der Waals surface area (Å²) >= 11 is 0. The standard InChI is InChI=1S/C11H9F5O/c1-7(17)6-10(12,13)8-2-4-9(5-3-8)11(14,15)16/h2-5H,6H2,1H3. The fourth-order valence-corrected chi connectivity index (χ4v) is 1.32. The summed E-state index contributed by atoms with van der Waals surface area (Å²) in [6.07, 6.45) is -5.58. The molecule has 0 aliphatic rings. The minimum atomic E-state index is -4.56. The lowest BCUT2D eigenvalue weighted by atomic mass is 10.0. The van der Waals surface area contributed by atoms with E-state index in [9.17, 15) is 26.7 Å². The maximum Gasteiger partial charge on any atom is 0.416 e. The Bertz CT molecular complexity index is 405. The van der Waals surface area contributed by atoms with Crippen LogP contribution in [-0.4, -0.2) is 5.78 Å². The molecule has 0 saturated carbocycles. The van der Waals surface area contributed by atoms with Gasteiger partial charge in [-0.15, -0.1) is 0 Å². The van der Waals surface area contributed by atoms with Crippen LogP contribution in [0.25, 0.3) is 0 Å². The molecule has 0 bridgehead atoms. The molecule has 0 aliphatic carbocycles. The predicted molar refractivity (Wildman–Crippen MR) is 50.6 cm³/mol. The Morgan fingerprint density at radius 1 is 1.00 bits per heavy atom. The zero-order valence-electron chi connectivity index (χ0n) is 8.81. The van der Waals surface area contributed by atoms with E-state index in [1.807, 2.05) is 0 Å². The van der Waals surface area contributed by atoms with Crippen LogP contribution in [0.5, 0.6) is 0 Å². The second-order valence-electron chi connectivity index (χ2n) is 3.66. The molecule has 0 unspecified atom stereocenters. The van der Waals surface area contributed by atoms with Gasteiger partial charge in [-0.05, 0) is 19.1 Å². The number of carbonyl (C=O) groups excluding carboxylic acids is 1. The van der Waals surface area contributed by atoms with Crippen LogP contribution in [0.3, 0.4) is 0 Å². The number of ketones is 1. The number of Topliss-reactive ketones (excluding diaryl/α,β-unsaturated/α-hetero) is 1. The average molecular weight is 252 g/mol. The Morgan fingerprint density at radius 3 is 1.76 bits per heavy atom. The van der Waals surface area contributed by atoms with Gasteiger partial charge in [0.05, 0.1) is 12.0 Å². The molecule has 0 fully saturated rings. The third-order valence-corrected chi connectivity index (χ3v) is 2.11. The van der Waals surface area contributed by atoms with Gasteiger partial charge >= 0.3 is 6.18 Å². The average Bonchev–Trinajstić information content (AvgIpc) is 2.14. The molecule has 0 radical (unpaired) electrons. The van der Waals surface area contributed by atoms with Crippen molar-refractivity contribution in [3.63, 3.8) is 0 Å². The zero-order chi connectivity index (χ0) is 13.3. The number of hydrogen-bond donors (Lipinski definition) is 0. The van der Waals surface area contributed by atoms with E-state index in [0.717, 1.165) is 6.92 Å². The van der Waals surface area contributed by atoms with E-state index in [2.05, 4.69) is 0 Å². The van der Waals surface area contributed by atoms with Crippen LogP contribution in [-0.2, 0) is 16.9 Å². The molecular formula is C11H9F5O. The fraction of sp³-hybridized carbons (Fsp3) is 0.364. The van der Waals surface area contributed by atoms with Crippen molar-refractivity contribution in [1.29, 1.82) is 0 Å². The summed E-state index contributed by atoms with van der Waals surface area (Å²) in [4.78, 5) is 10.6. The lowest BCUT2D eigenvalue weighted by Crippen LogP contribution is -2.17. The summed E-state index contributed by atoms with van der Waals surface area (Å²) in [6.45, 7) is 0.998. The number of halogens is 5. The molecule has 0 N–H and O–H groups in total. The van der Waals surface area contributed by atoms with E-state index in [0.29, 0.717) is 24.3 Å². The van der Waals surface area contributed by atoms with Gasteiger partial charge in [-0.25, -0.2) is 8.78 Å². The lowest BCUT2D eigenvalue weighted by molar-refractivity contribution is -0.137. The Kier molecular flexibility index (Phi) is 3.54. The van der Waals surface area contributed by atoms with Crippen molar-refractivity contribution in [2.45, 2.75) is 25.4 Å². The molecular weight excluding hydrogens is 243 g/mol. The van der Waals surface area contributed by atoms with Crippen molar-refractivity contribution in [2.24, 2.45) is 0 Å². The third kappa shape index (κ3) is 3.51. The van der Waals surface area contributed by atoms with Gasteiger partial charge in [0.1, 0.15) is 5.78 Å². The predicted octanol–water partition coefficient (Wildman–Crippen LogP) is 3.78. The first-order chi connectivity index (χ1) is 7.63. The molecule has 1 aromatic carbocycles. The first-order valence-electron chi connectivity index (χ1n) is 4.68. The maximum atomic E-state index is 13.3. The maximum absolute atomic E-state index is 13.3. The highest BCUT2D eigenvalue weighted by Crippen LogP contribution is 2.34.